The van der Waals surface area contributed by atoms with E-state index >= 15 is 0 Å². The predicted octanol–water partition coefficient (Wildman–Crippen LogP) is 3.32. The van der Waals surface area contributed by atoms with E-state index < -0.39 is 21.9 Å². The lowest BCUT2D eigenvalue weighted by molar-refractivity contribution is -0.140. The molecule has 1 aromatic heterocycles. The summed E-state index contributed by atoms with van der Waals surface area (Å²) in [5.41, 5.74) is 5.70. The number of rotatable bonds is 4. The van der Waals surface area contributed by atoms with Crippen molar-refractivity contribution in [2.24, 2.45) is 10.9 Å². The number of imidazole rings is 1. The Bertz CT molecular complexity index is 1130. The Balaban J connectivity index is 2.18. The van der Waals surface area contributed by atoms with E-state index in [1.165, 1.54) is 34.9 Å². The van der Waals surface area contributed by atoms with Crippen LogP contribution in [0.3, 0.4) is 0 Å². The van der Waals surface area contributed by atoms with Gasteiger partial charge in [0.1, 0.15) is 5.82 Å². The molecule has 28 heavy (non-hydrogen) atoms. The quantitative estimate of drug-likeness (QED) is 0.662. The van der Waals surface area contributed by atoms with Gasteiger partial charge in [-0.3, -0.25) is 4.57 Å². The van der Waals surface area contributed by atoms with Gasteiger partial charge in [0.05, 0.1) is 4.90 Å². The molecule has 3 rings (SSSR count). The minimum absolute atomic E-state index is 0.0128. The molecule has 0 fully saturated rings. The van der Waals surface area contributed by atoms with E-state index in [4.69, 9.17) is 22.5 Å². The zero-order valence-corrected chi connectivity index (χ0v) is 15.7. The van der Waals surface area contributed by atoms with E-state index in [0.717, 1.165) is 6.20 Å². The van der Waals surface area contributed by atoms with Gasteiger partial charge in [-0.1, -0.05) is 23.7 Å². The average Bonchev–Trinajstić information content (AvgIpc) is 3.07. The van der Waals surface area contributed by atoms with Crippen LogP contribution in [-0.4, -0.2) is 18.0 Å². The van der Waals surface area contributed by atoms with Crippen molar-refractivity contribution < 1.29 is 21.6 Å². The highest BCUT2D eigenvalue weighted by molar-refractivity contribution is 7.89. The fourth-order valence-electron chi connectivity index (χ4n) is 2.57. The van der Waals surface area contributed by atoms with E-state index in [1.807, 2.05) is 0 Å². The molecule has 1 heterocycles. The lowest BCUT2D eigenvalue weighted by Crippen LogP contribution is -2.12. The first-order valence-electron chi connectivity index (χ1n) is 7.79. The van der Waals surface area contributed by atoms with Gasteiger partial charge >= 0.3 is 6.18 Å². The van der Waals surface area contributed by atoms with E-state index in [2.05, 4.69) is 4.98 Å². The van der Waals surface area contributed by atoms with E-state index in [1.54, 1.807) is 12.1 Å². The summed E-state index contributed by atoms with van der Waals surface area (Å²) >= 11 is 6.13. The fourth-order valence-corrected chi connectivity index (χ4v) is 3.34. The highest BCUT2D eigenvalue weighted by Crippen LogP contribution is 2.34. The molecule has 4 N–H and O–H groups in total. The van der Waals surface area contributed by atoms with Gasteiger partial charge in [0.15, 0.2) is 5.69 Å². The second-order valence-electron chi connectivity index (χ2n) is 5.87. The molecule has 148 valence electrons. The molecule has 0 radical (unpaired) electrons. The molecule has 0 aliphatic rings. The monoisotopic (exact) mass is 430 g/mol. The lowest BCUT2D eigenvalue weighted by Gasteiger charge is -2.10. The highest BCUT2D eigenvalue weighted by atomic mass is 35.5. The summed E-state index contributed by atoms with van der Waals surface area (Å²) < 4.78 is 63.6. The molecule has 0 amide bonds. The van der Waals surface area contributed by atoms with Crippen molar-refractivity contribution in [1.82, 2.24) is 9.55 Å². The van der Waals surface area contributed by atoms with Gasteiger partial charge < -0.3 is 5.73 Å². The van der Waals surface area contributed by atoms with Crippen molar-refractivity contribution in [2.45, 2.75) is 17.6 Å². The Morgan fingerprint density at radius 2 is 1.75 bits per heavy atom. The average molecular weight is 431 g/mol. The summed E-state index contributed by atoms with van der Waals surface area (Å²) in [7, 11) is -3.93. The van der Waals surface area contributed by atoms with Gasteiger partial charge in [0, 0.05) is 29.0 Å². The molecule has 0 aliphatic heterocycles. The molecular formula is C17H14ClF3N4O2S. The van der Waals surface area contributed by atoms with Crippen LogP contribution in [0.1, 0.15) is 11.3 Å². The zero-order chi connectivity index (χ0) is 20.7. The third kappa shape index (κ3) is 4.04. The highest BCUT2D eigenvalue weighted by Gasteiger charge is 2.35. The summed E-state index contributed by atoms with van der Waals surface area (Å²) in [6.45, 7) is 0.177. The Morgan fingerprint density at radius 1 is 1.11 bits per heavy atom. The molecule has 0 saturated carbocycles. The van der Waals surface area contributed by atoms with Crippen molar-refractivity contribution in [2.75, 3.05) is 0 Å². The van der Waals surface area contributed by atoms with Crippen LogP contribution in [0.4, 0.5) is 13.2 Å². The maximum absolute atomic E-state index is 13.2. The van der Waals surface area contributed by atoms with Gasteiger partial charge in [-0.15, -0.1) is 0 Å². The number of benzene rings is 2. The maximum atomic E-state index is 13.2. The smallest absolute Gasteiger partial charge is 0.326 e. The topological polar surface area (TPSA) is 104 Å². The molecule has 2 aromatic carbocycles. The van der Waals surface area contributed by atoms with E-state index in [-0.39, 0.29) is 23.0 Å². The third-order valence-corrected chi connectivity index (χ3v) is 5.25. The van der Waals surface area contributed by atoms with Crippen molar-refractivity contribution >= 4 is 21.6 Å². The number of nitrogens with two attached hydrogens (primary N) is 2. The molecule has 0 unspecified atom stereocenters. The molecule has 0 aliphatic carbocycles. The molecule has 0 bridgehead atoms. The summed E-state index contributed by atoms with van der Waals surface area (Å²) in [4.78, 5) is 3.54. The van der Waals surface area contributed by atoms with Crippen LogP contribution in [0.25, 0.3) is 17.1 Å². The van der Waals surface area contributed by atoms with E-state index in [9.17, 15) is 21.6 Å². The Labute approximate surface area is 163 Å². The van der Waals surface area contributed by atoms with Crippen LogP contribution in [0.15, 0.2) is 53.6 Å². The van der Waals surface area contributed by atoms with Crippen LogP contribution < -0.4 is 10.9 Å². The largest absolute Gasteiger partial charge is 0.434 e. The molecule has 3 aromatic rings. The molecule has 11 heteroatoms. The number of nitrogens with zero attached hydrogens (tertiary/aromatic N) is 2. The lowest BCUT2D eigenvalue weighted by atomic mass is 10.1. The van der Waals surface area contributed by atoms with Gasteiger partial charge in [-0.2, -0.15) is 13.2 Å². The number of primary sulfonamides is 1. The number of hydrogen-bond acceptors (Lipinski definition) is 4. The minimum Gasteiger partial charge on any atom is -0.326 e. The fraction of sp³-hybridized carbons (Fsp3) is 0.118. The first kappa shape index (κ1) is 20.3. The van der Waals surface area contributed by atoms with Crippen LogP contribution in [-0.2, 0) is 22.7 Å². The van der Waals surface area contributed by atoms with Crippen LogP contribution in [0.2, 0.25) is 5.02 Å². The van der Waals surface area contributed by atoms with E-state index in [0.29, 0.717) is 16.1 Å². The summed E-state index contributed by atoms with van der Waals surface area (Å²) in [5.74, 6) is -0.0128. The SMILES string of the molecule is NCc1ccc(-c2nc(C(F)(F)F)cn2-c2ccc(S(N)(=O)=O)cc2)cc1Cl. The Morgan fingerprint density at radius 3 is 2.25 bits per heavy atom. The summed E-state index contributed by atoms with van der Waals surface area (Å²) in [5, 5.41) is 5.35. The van der Waals surface area contributed by atoms with Crippen molar-refractivity contribution in [1.29, 1.82) is 0 Å². The maximum Gasteiger partial charge on any atom is 0.434 e. The van der Waals surface area contributed by atoms with Crippen LogP contribution in [0, 0.1) is 0 Å². The predicted molar refractivity (Wildman–Crippen MR) is 98.3 cm³/mol. The minimum atomic E-state index is -4.67. The second kappa shape index (κ2) is 7.21. The Kier molecular flexibility index (Phi) is 5.24. The van der Waals surface area contributed by atoms with Crippen molar-refractivity contribution in [3.05, 3.63) is 64.9 Å². The molecule has 0 saturated heterocycles. The normalized spacial score (nSPS) is 12.4. The van der Waals surface area contributed by atoms with Gasteiger partial charge in [-0.05, 0) is 35.9 Å². The molecule has 0 spiro atoms. The number of alkyl halides is 3. The summed E-state index contributed by atoms with van der Waals surface area (Å²) in [6, 6.07) is 9.71. The standard InChI is InChI=1S/C17H14ClF3N4O2S/c18-14-7-10(1-2-11(14)8-22)16-24-15(17(19,20)21)9-25(16)12-3-5-13(6-4-12)28(23,26)27/h1-7,9H,8,22H2,(H2,23,26,27). The first-order chi connectivity index (χ1) is 13.0. The number of hydrogen-bond donors (Lipinski definition) is 2. The van der Waals surface area contributed by atoms with Crippen molar-refractivity contribution in [3.63, 3.8) is 0 Å². The number of aromatic nitrogens is 2. The number of sulfonamides is 1. The van der Waals surface area contributed by atoms with Gasteiger partial charge in [0.25, 0.3) is 0 Å². The molecule has 0 atom stereocenters. The molecular weight excluding hydrogens is 417 g/mol. The molecule has 6 nitrogen and oxygen atoms in total. The van der Waals surface area contributed by atoms with Crippen LogP contribution in [0.5, 0.6) is 0 Å². The first-order valence-corrected chi connectivity index (χ1v) is 9.72. The van der Waals surface area contributed by atoms with Crippen LogP contribution >= 0.6 is 11.6 Å². The number of halogens is 4. The third-order valence-electron chi connectivity index (χ3n) is 3.97. The Hall–Kier alpha value is -2.40. The summed E-state index contributed by atoms with van der Waals surface area (Å²) in [6.07, 6.45) is -3.84. The second-order valence-corrected chi connectivity index (χ2v) is 7.84. The van der Waals surface area contributed by atoms with Gasteiger partial charge in [0.2, 0.25) is 10.0 Å². The van der Waals surface area contributed by atoms with Gasteiger partial charge in [-0.25, -0.2) is 18.5 Å². The van der Waals surface area contributed by atoms with Crippen molar-refractivity contribution in [3.8, 4) is 17.1 Å². The zero-order valence-electron chi connectivity index (χ0n) is 14.1.